The molecule has 0 spiro atoms. The van der Waals surface area contributed by atoms with E-state index in [2.05, 4.69) is 29.5 Å². The minimum absolute atomic E-state index is 0.0144. The molecule has 0 saturated carbocycles. The van der Waals surface area contributed by atoms with Crippen LogP contribution in [0.2, 0.25) is 0 Å². The quantitative estimate of drug-likeness (QED) is 0.672. The summed E-state index contributed by atoms with van der Waals surface area (Å²) in [5, 5.41) is 6.41. The molecular formula is C13H25N3O3. The second-order valence-electron chi connectivity index (χ2n) is 4.86. The highest BCUT2D eigenvalue weighted by atomic mass is 16.5. The number of anilines is 1. The monoisotopic (exact) mass is 271 g/mol. The first-order chi connectivity index (χ1) is 9.15. The van der Waals surface area contributed by atoms with Gasteiger partial charge in [0.2, 0.25) is 0 Å². The van der Waals surface area contributed by atoms with Crippen molar-refractivity contribution in [1.29, 1.82) is 0 Å². The van der Waals surface area contributed by atoms with Crippen LogP contribution in [0.4, 0.5) is 6.01 Å². The first-order valence-electron chi connectivity index (χ1n) is 6.56. The van der Waals surface area contributed by atoms with Gasteiger partial charge in [0, 0.05) is 27.3 Å². The first-order valence-corrected chi connectivity index (χ1v) is 6.56. The Morgan fingerprint density at radius 1 is 1.32 bits per heavy atom. The van der Waals surface area contributed by atoms with Gasteiger partial charge in [-0.1, -0.05) is 13.8 Å². The largest absolute Gasteiger partial charge is 0.432 e. The molecule has 19 heavy (non-hydrogen) atoms. The van der Waals surface area contributed by atoms with Crippen LogP contribution in [0.5, 0.6) is 0 Å². The highest BCUT2D eigenvalue weighted by Crippen LogP contribution is 2.07. The lowest BCUT2D eigenvalue weighted by Gasteiger charge is -2.13. The van der Waals surface area contributed by atoms with E-state index in [1.807, 2.05) is 0 Å². The van der Waals surface area contributed by atoms with Crippen LogP contribution in [-0.4, -0.2) is 45.0 Å². The lowest BCUT2D eigenvalue weighted by Crippen LogP contribution is -2.26. The second-order valence-corrected chi connectivity index (χ2v) is 4.86. The molecule has 0 bridgehead atoms. The Hall–Kier alpha value is -1.11. The molecule has 0 aliphatic rings. The molecular weight excluding hydrogens is 246 g/mol. The number of ether oxygens (including phenoxy) is 2. The second kappa shape index (κ2) is 8.90. The van der Waals surface area contributed by atoms with Crippen molar-refractivity contribution in [2.75, 3.05) is 39.2 Å². The van der Waals surface area contributed by atoms with Crippen molar-refractivity contribution in [2.45, 2.75) is 26.5 Å². The average Bonchev–Trinajstić information content (AvgIpc) is 2.82. The molecule has 2 N–H and O–H groups in total. The van der Waals surface area contributed by atoms with E-state index in [-0.39, 0.29) is 6.10 Å². The molecule has 1 atom stereocenters. The zero-order chi connectivity index (χ0) is 14.1. The van der Waals surface area contributed by atoms with Crippen LogP contribution in [0, 0.1) is 5.92 Å². The molecule has 1 rings (SSSR count). The Kier molecular flexibility index (Phi) is 7.47. The number of aromatic nitrogens is 1. The van der Waals surface area contributed by atoms with Crippen LogP contribution in [0.3, 0.4) is 0 Å². The summed E-state index contributed by atoms with van der Waals surface area (Å²) in [6.07, 6.45) is 1.65. The molecule has 0 amide bonds. The molecule has 1 aromatic rings. The third kappa shape index (κ3) is 6.56. The van der Waals surface area contributed by atoms with Gasteiger partial charge in [-0.25, -0.2) is 0 Å². The smallest absolute Gasteiger partial charge is 0.294 e. The van der Waals surface area contributed by atoms with Gasteiger partial charge in [0.15, 0.2) is 0 Å². The maximum absolute atomic E-state index is 5.34. The highest BCUT2D eigenvalue weighted by Gasteiger charge is 2.09. The fourth-order valence-electron chi connectivity index (χ4n) is 1.56. The number of nitrogens with one attached hydrogen (secondary N) is 2. The van der Waals surface area contributed by atoms with E-state index < -0.39 is 0 Å². The summed E-state index contributed by atoms with van der Waals surface area (Å²) >= 11 is 0. The molecule has 0 fully saturated rings. The topological polar surface area (TPSA) is 68.5 Å². The van der Waals surface area contributed by atoms with E-state index in [1.54, 1.807) is 20.5 Å². The maximum Gasteiger partial charge on any atom is 0.294 e. The Morgan fingerprint density at radius 2 is 2.11 bits per heavy atom. The van der Waals surface area contributed by atoms with Gasteiger partial charge < -0.3 is 24.5 Å². The number of rotatable bonds is 10. The number of methoxy groups -OCH3 is 2. The summed E-state index contributed by atoms with van der Waals surface area (Å²) in [5.74, 6) is 0.626. The van der Waals surface area contributed by atoms with Gasteiger partial charge in [-0.3, -0.25) is 0 Å². The van der Waals surface area contributed by atoms with Gasteiger partial charge in [-0.2, -0.15) is 4.98 Å². The molecule has 1 heterocycles. The van der Waals surface area contributed by atoms with Crippen molar-refractivity contribution in [1.82, 2.24) is 10.3 Å². The van der Waals surface area contributed by atoms with Gasteiger partial charge >= 0.3 is 0 Å². The summed E-state index contributed by atoms with van der Waals surface area (Å²) < 4.78 is 15.6. The molecule has 1 aromatic heterocycles. The molecule has 110 valence electrons. The zero-order valence-corrected chi connectivity index (χ0v) is 12.2. The predicted molar refractivity (Wildman–Crippen MR) is 74.2 cm³/mol. The normalized spacial score (nSPS) is 12.9. The average molecular weight is 271 g/mol. The van der Waals surface area contributed by atoms with E-state index >= 15 is 0 Å². The van der Waals surface area contributed by atoms with E-state index in [9.17, 15) is 0 Å². The van der Waals surface area contributed by atoms with Crippen LogP contribution in [-0.2, 0) is 16.0 Å². The summed E-state index contributed by atoms with van der Waals surface area (Å²) in [7, 11) is 3.30. The van der Waals surface area contributed by atoms with E-state index in [1.165, 1.54) is 0 Å². The minimum Gasteiger partial charge on any atom is -0.432 e. The van der Waals surface area contributed by atoms with Crippen molar-refractivity contribution in [3.8, 4) is 0 Å². The SMILES string of the molecule is COCC(CNc1nc(CNCC(C)C)co1)OC. The lowest BCUT2D eigenvalue weighted by molar-refractivity contribution is 0.0363. The third-order valence-corrected chi connectivity index (χ3v) is 2.58. The Morgan fingerprint density at radius 3 is 2.74 bits per heavy atom. The van der Waals surface area contributed by atoms with Crippen molar-refractivity contribution < 1.29 is 13.9 Å². The first kappa shape index (κ1) is 15.9. The van der Waals surface area contributed by atoms with Crippen LogP contribution in [0.25, 0.3) is 0 Å². The molecule has 6 heteroatoms. The van der Waals surface area contributed by atoms with Gasteiger partial charge in [0.1, 0.15) is 6.26 Å². The Labute approximate surface area is 114 Å². The number of nitrogens with zero attached hydrogens (tertiary/aromatic N) is 1. The van der Waals surface area contributed by atoms with Gasteiger partial charge in [-0.15, -0.1) is 0 Å². The fraction of sp³-hybridized carbons (Fsp3) is 0.769. The van der Waals surface area contributed by atoms with Gasteiger partial charge in [0.05, 0.1) is 18.4 Å². The number of oxazole rings is 1. The standard InChI is InChI=1S/C13H25N3O3/c1-10(2)5-14-6-11-8-19-13(16-11)15-7-12(18-4)9-17-3/h8,10,12,14H,5-7,9H2,1-4H3,(H,15,16). The molecule has 6 nitrogen and oxygen atoms in total. The van der Waals surface area contributed by atoms with Crippen molar-refractivity contribution in [3.05, 3.63) is 12.0 Å². The minimum atomic E-state index is -0.0144. The predicted octanol–water partition coefficient (Wildman–Crippen LogP) is 1.49. The van der Waals surface area contributed by atoms with Crippen molar-refractivity contribution >= 4 is 6.01 Å². The van der Waals surface area contributed by atoms with Crippen LogP contribution in [0.15, 0.2) is 10.7 Å². The summed E-state index contributed by atoms with van der Waals surface area (Å²) in [4.78, 5) is 4.34. The number of hydrogen-bond acceptors (Lipinski definition) is 6. The molecule has 0 aromatic carbocycles. The van der Waals surface area contributed by atoms with E-state index in [4.69, 9.17) is 13.9 Å². The molecule has 1 unspecified atom stereocenters. The van der Waals surface area contributed by atoms with E-state index in [0.29, 0.717) is 25.1 Å². The molecule has 0 radical (unpaired) electrons. The Balaban J connectivity index is 2.29. The van der Waals surface area contributed by atoms with Crippen molar-refractivity contribution in [2.24, 2.45) is 5.92 Å². The zero-order valence-electron chi connectivity index (χ0n) is 12.2. The van der Waals surface area contributed by atoms with Crippen LogP contribution in [0.1, 0.15) is 19.5 Å². The molecule has 0 saturated heterocycles. The Bertz CT molecular complexity index is 342. The van der Waals surface area contributed by atoms with Crippen LogP contribution >= 0.6 is 0 Å². The highest BCUT2D eigenvalue weighted by molar-refractivity contribution is 5.21. The summed E-state index contributed by atoms with van der Waals surface area (Å²) in [6.45, 7) is 7.16. The van der Waals surface area contributed by atoms with Crippen molar-refractivity contribution in [3.63, 3.8) is 0 Å². The fourth-order valence-corrected chi connectivity index (χ4v) is 1.56. The summed E-state index contributed by atoms with van der Waals surface area (Å²) in [5.41, 5.74) is 0.892. The van der Waals surface area contributed by atoms with E-state index in [0.717, 1.165) is 18.8 Å². The lowest BCUT2D eigenvalue weighted by atomic mass is 10.2. The van der Waals surface area contributed by atoms with Crippen LogP contribution < -0.4 is 10.6 Å². The van der Waals surface area contributed by atoms with Gasteiger partial charge in [-0.05, 0) is 12.5 Å². The molecule has 0 aliphatic carbocycles. The van der Waals surface area contributed by atoms with Gasteiger partial charge in [0.25, 0.3) is 6.01 Å². The summed E-state index contributed by atoms with van der Waals surface area (Å²) in [6, 6.07) is 0.513. The molecule has 0 aliphatic heterocycles. The third-order valence-electron chi connectivity index (χ3n) is 2.58. The maximum atomic E-state index is 5.34. The number of hydrogen-bond donors (Lipinski definition) is 2.